The molecule has 2 aliphatic rings. The number of rotatable bonds is 1. The first-order valence-electron chi connectivity index (χ1n) is 6.64. The zero-order chi connectivity index (χ0) is 11.8. The van der Waals surface area contributed by atoms with Crippen LogP contribution in [-0.2, 0) is 12.8 Å². The lowest BCUT2D eigenvalue weighted by Crippen LogP contribution is -2.38. The van der Waals surface area contributed by atoms with Gasteiger partial charge in [0, 0.05) is 5.92 Å². The van der Waals surface area contributed by atoms with E-state index in [9.17, 15) is 0 Å². The van der Waals surface area contributed by atoms with Crippen molar-refractivity contribution in [3.8, 4) is 0 Å². The van der Waals surface area contributed by atoms with Gasteiger partial charge in [-0.1, -0.05) is 25.1 Å². The lowest BCUT2D eigenvalue weighted by Gasteiger charge is -2.21. The number of hydrogen-bond donors (Lipinski definition) is 3. The van der Waals surface area contributed by atoms with Crippen LogP contribution < -0.4 is 16.6 Å². The molecule has 0 saturated carbocycles. The van der Waals surface area contributed by atoms with Crippen molar-refractivity contribution >= 4 is 0 Å². The van der Waals surface area contributed by atoms with Crippen molar-refractivity contribution in [2.75, 3.05) is 0 Å². The van der Waals surface area contributed by atoms with Gasteiger partial charge in [-0.25, -0.2) is 10.9 Å². The predicted molar refractivity (Wildman–Crippen MR) is 69.2 cm³/mol. The molecule has 3 heteroatoms. The van der Waals surface area contributed by atoms with E-state index in [1.54, 1.807) is 11.1 Å². The molecule has 92 valence electrons. The first-order valence-corrected chi connectivity index (χ1v) is 6.64. The molecule has 1 saturated heterocycles. The van der Waals surface area contributed by atoms with Crippen molar-refractivity contribution in [1.82, 2.24) is 10.9 Å². The van der Waals surface area contributed by atoms with Crippen LogP contribution in [0.25, 0.3) is 0 Å². The third-order valence-electron chi connectivity index (χ3n) is 4.23. The topological polar surface area (TPSA) is 50.1 Å². The van der Waals surface area contributed by atoms with E-state index < -0.39 is 0 Å². The van der Waals surface area contributed by atoms with E-state index in [4.69, 9.17) is 5.73 Å². The summed E-state index contributed by atoms with van der Waals surface area (Å²) >= 11 is 0. The Morgan fingerprint density at radius 1 is 1.12 bits per heavy atom. The molecule has 3 atom stereocenters. The highest BCUT2D eigenvalue weighted by molar-refractivity contribution is 5.35. The van der Waals surface area contributed by atoms with Crippen LogP contribution in [0, 0.1) is 5.92 Å². The number of benzene rings is 1. The third-order valence-corrected chi connectivity index (χ3v) is 4.23. The molecule has 3 nitrogen and oxygen atoms in total. The van der Waals surface area contributed by atoms with E-state index in [2.05, 4.69) is 36.0 Å². The van der Waals surface area contributed by atoms with Crippen molar-refractivity contribution in [1.29, 1.82) is 0 Å². The molecule has 1 fully saturated rings. The van der Waals surface area contributed by atoms with Gasteiger partial charge in [0.2, 0.25) is 0 Å². The van der Waals surface area contributed by atoms with Gasteiger partial charge in [-0.05, 0) is 42.4 Å². The van der Waals surface area contributed by atoms with Gasteiger partial charge in [-0.3, -0.25) is 0 Å². The Morgan fingerprint density at radius 3 is 2.59 bits per heavy atom. The summed E-state index contributed by atoms with van der Waals surface area (Å²) in [6, 6.07) is 7.29. The normalized spacial score (nSPS) is 32.5. The largest absolute Gasteiger partial charge is 0.315 e. The summed E-state index contributed by atoms with van der Waals surface area (Å²) in [5, 5.41) is 0. The van der Waals surface area contributed by atoms with Crippen molar-refractivity contribution in [2.24, 2.45) is 11.7 Å². The Labute approximate surface area is 103 Å². The quantitative estimate of drug-likeness (QED) is 0.688. The van der Waals surface area contributed by atoms with Gasteiger partial charge in [0.05, 0.1) is 12.2 Å². The third kappa shape index (κ3) is 1.99. The zero-order valence-electron chi connectivity index (χ0n) is 10.4. The molecule has 1 heterocycles. The molecule has 1 aliphatic heterocycles. The average Bonchev–Trinajstić information content (AvgIpc) is 2.70. The molecule has 0 amide bonds. The minimum atomic E-state index is 0.0519. The highest BCUT2D eigenvalue weighted by atomic mass is 15.4. The molecule has 17 heavy (non-hydrogen) atoms. The summed E-state index contributed by atoms with van der Waals surface area (Å²) in [5.74, 6) is 0.427. The van der Waals surface area contributed by atoms with Gasteiger partial charge < -0.3 is 5.73 Å². The van der Waals surface area contributed by atoms with Crippen molar-refractivity contribution in [2.45, 2.75) is 44.8 Å². The molecule has 1 aliphatic carbocycles. The van der Waals surface area contributed by atoms with E-state index in [-0.39, 0.29) is 6.17 Å². The van der Waals surface area contributed by atoms with Crippen LogP contribution in [0.15, 0.2) is 18.2 Å². The van der Waals surface area contributed by atoms with Crippen LogP contribution >= 0.6 is 0 Å². The van der Waals surface area contributed by atoms with Gasteiger partial charge in [0.25, 0.3) is 0 Å². The van der Waals surface area contributed by atoms with Gasteiger partial charge in [0.1, 0.15) is 0 Å². The number of nitrogens with two attached hydrogens (primary N) is 1. The standard InChI is InChI=1S/C14H21N3/c1-9-13(16-17-14(9)15)12-7-6-10-4-2-3-5-11(10)8-12/h6-9,13-14,16-17H,2-5,15H2,1H3. The van der Waals surface area contributed by atoms with E-state index >= 15 is 0 Å². The summed E-state index contributed by atoms with van der Waals surface area (Å²) in [5.41, 5.74) is 16.9. The summed E-state index contributed by atoms with van der Waals surface area (Å²) in [6.45, 7) is 2.20. The lowest BCUT2D eigenvalue weighted by atomic mass is 9.87. The van der Waals surface area contributed by atoms with Crippen LogP contribution in [0.5, 0.6) is 0 Å². The summed E-state index contributed by atoms with van der Waals surface area (Å²) in [6.07, 6.45) is 5.22. The number of hydrazine groups is 1. The Kier molecular flexibility index (Phi) is 2.90. The second-order valence-corrected chi connectivity index (χ2v) is 5.39. The first-order chi connectivity index (χ1) is 8.25. The zero-order valence-corrected chi connectivity index (χ0v) is 10.4. The molecular formula is C14H21N3. The monoisotopic (exact) mass is 231 g/mol. The fourth-order valence-corrected chi connectivity index (χ4v) is 2.99. The Balaban J connectivity index is 1.88. The first kappa shape index (κ1) is 11.2. The smallest absolute Gasteiger partial charge is 0.0723 e. The molecule has 4 N–H and O–H groups in total. The molecule has 3 rings (SSSR count). The average molecular weight is 231 g/mol. The van der Waals surface area contributed by atoms with Gasteiger partial charge in [-0.2, -0.15) is 0 Å². The minimum absolute atomic E-state index is 0.0519. The van der Waals surface area contributed by atoms with Crippen molar-refractivity contribution in [3.05, 3.63) is 34.9 Å². The predicted octanol–water partition coefficient (Wildman–Crippen LogP) is 1.64. The van der Waals surface area contributed by atoms with Gasteiger partial charge >= 0.3 is 0 Å². The molecule has 1 aromatic rings. The second kappa shape index (κ2) is 4.41. The molecule has 0 spiro atoms. The molecule has 1 aromatic carbocycles. The van der Waals surface area contributed by atoms with E-state index in [0.717, 1.165) is 0 Å². The lowest BCUT2D eigenvalue weighted by molar-refractivity contribution is 0.463. The molecule has 0 aromatic heterocycles. The number of aryl methyl sites for hydroxylation is 2. The van der Waals surface area contributed by atoms with Gasteiger partial charge in [-0.15, -0.1) is 0 Å². The second-order valence-electron chi connectivity index (χ2n) is 5.39. The summed E-state index contributed by atoms with van der Waals surface area (Å²) in [4.78, 5) is 0. The number of nitrogens with one attached hydrogen (secondary N) is 2. The summed E-state index contributed by atoms with van der Waals surface area (Å²) < 4.78 is 0. The maximum atomic E-state index is 5.97. The Hall–Kier alpha value is -0.900. The molecule has 3 unspecified atom stereocenters. The Morgan fingerprint density at radius 2 is 1.88 bits per heavy atom. The molecular weight excluding hydrogens is 210 g/mol. The Bertz CT molecular complexity index is 416. The van der Waals surface area contributed by atoms with Crippen molar-refractivity contribution in [3.63, 3.8) is 0 Å². The van der Waals surface area contributed by atoms with Crippen LogP contribution in [-0.4, -0.2) is 6.17 Å². The van der Waals surface area contributed by atoms with Crippen LogP contribution in [0.1, 0.15) is 42.5 Å². The maximum Gasteiger partial charge on any atom is 0.0723 e. The minimum Gasteiger partial charge on any atom is -0.315 e. The van der Waals surface area contributed by atoms with Gasteiger partial charge in [0.15, 0.2) is 0 Å². The van der Waals surface area contributed by atoms with E-state index in [0.29, 0.717) is 12.0 Å². The van der Waals surface area contributed by atoms with Crippen molar-refractivity contribution < 1.29 is 0 Å². The fourth-order valence-electron chi connectivity index (χ4n) is 2.99. The van der Waals surface area contributed by atoms with E-state index in [1.807, 2.05) is 0 Å². The van der Waals surface area contributed by atoms with E-state index in [1.165, 1.54) is 31.2 Å². The maximum absolute atomic E-state index is 5.97. The van der Waals surface area contributed by atoms with Crippen LogP contribution in [0.3, 0.4) is 0 Å². The highest BCUT2D eigenvalue weighted by Crippen LogP contribution is 2.30. The molecule has 0 bridgehead atoms. The molecule has 0 radical (unpaired) electrons. The summed E-state index contributed by atoms with van der Waals surface area (Å²) in [7, 11) is 0. The number of fused-ring (bicyclic) bond motifs is 1. The van der Waals surface area contributed by atoms with Crippen LogP contribution in [0.2, 0.25) is 0 Å². The SMILES string of the molecule is CC1C(N)NNC1c1ccc2c(c1)CCCC2. The highest BCUT2D eigenvalue weighted by Gasteiger charge is 2.31. The van der Waals surface area contributed by atoms with Crippen LogP contribution in [0.4, 0.5) is 0 Å². The number of hydrogen-bond acceptors (Lipinski definition) is 3. The fraction of sp³-hybridized carbons (Fsp3) is 0.571.